The van der Waals surface area contributed by atoms with Gasteiger partial charge in [-0.25, -0.2) is 14.3 Å². The number of hydrogen-bond donors (Lipinski definition) is 2. The fourth-order valence-electron chi connectivity index (χ4n) is 4.93. The van der Waals surface area contributed by atoms with Crippen molar-refractivity contribution >= 4 is 90.1 Å². The van der Waals surface area contributed by atoms with Crippen LogP contribution >= 0.6 is 72.8 Å². The molecule has 20 heteroatoms. The number of hydrogen-bond acceptors (Lipinski definition) is 7. The molecular formula is C36H25ClF6I3N9O. The number of aromatic nitrogens is 7. The highest BCUT2D eigenvalue weighted by molar-refractivity contribution is 15.0. The van der Waals surface area contributed by atoms with Crippen LogP contribution in [0, 0.1) is 0 Å². The largest absolute Gasteiger partial charge is 0.433 e. The van der Waals surface area contributed by atoms with Gasteiger partial charge in [-0.2, -0.15) is 36.5 Å². The Balaban J connectivity index is 0.000000246. The molecule has 0 aliphatic heterocycles. The Morgan fingerprint density at radius 1 is 0.679 bits per heavy atom. The van der Waals surface area contributed by atoms with Crippen molar-refractivity contribution in [3.05, 3.63) is 150 Å². The lowest BCUT2D eigenvalue weighted by atomic mass is 10.2. The SMILES string of the molecule is I.II.Nc1ccc(-n2nc(-c3cccnc3)cc2C(F)(F)F)cc1.O=C(Nc1ccc(-n2nc(-c3cccnc3)cc2C(F)(F)F)cc1)c1cccnc1Cl. The molecule has 2 aromatic carbocycles. The van der Waals surface area contributed by atoms with Gasteiger partial charge in [0, 0.05) is 90.7 Å². The van der Waals surface area contributed by atoms with Crippen molar-refractivity contribution in [3.8, 4) is 33.9 Å². The van der Waals surface area contributed by atoms with Crippen molar-refractivity contribution in [3.63, 3.8) is 0 Å². The molecule has 7 aromatic rings. The van der Waals surface area contributed by atoms with Gasteiger partial charge < -0.3 is 11.1 Å². The summed E-state index contributed by atoms with van der Waals surface area (Å²) in [6.07, 6.45) is -1.70. The number of pyridine rings is 3. The van der Waals surface area contributed by atoms with Crippen LogP contribution in [0.3, 0.4) is 0 Å². The number of carbonyl (C=O) groups is 1. The van der Waals surface area contributed by atoms with E-state index in [0.29, 0.717) is 22.5 Å². The molecule has 0 spiro atoms. The molecule has 0 saturated carbocycles. The molecule has 5 aromatic heterocycles. The molecule has 0 aliphatic carbocycles. The van der Waals surface area contributed by atoms with E-state index < -0.39 is 29.6 Å². The van der Waals surface area contributed by atoms with Gasteiger partial charge in [0.2, 0.25) is 0 Å². The highest BCUT2D eigenvalue weighted by Gasteiger charge is 2.37. The van der Waals surface area contributed by atoms with Crippen molar-refractivity contribution in [1.82, 2.24) is 34.5 Å². The minimum absolute atomic E-state index is 0. The highest BCUT2D eigenvalue weighted by atomic mass is 128. The molecule has 7 rings (SSSR count). The fourth-order valence-corrected chi connectivity index (χ4v) is 5.13. The van der Waals surface area contributed by atoms with E-state index in [9.17, 15) is 31.1 Å². The van der Waals surface area contributed by atoms with E-state index in [2.05, 4.69) is 67.7 Å². The van der Waals surface area contributed by atoms with Crippen LogP contribution in [-0.2, 0) is 12.4 Å². The van der Waals surface area contributed by atoms with Gasteiger partial charge in [-0.15, -0.1) is 24.0 Å². The van der Waals surface area contributed by atoms with E-state index in [-0.39, 0.29) is 57.5 Å². The second-order valence-corrected chi connectivity index (χ2v) is 11.4. The number of rotatable bonds is 6. The first kappa shape index (κ1) is 44.4. The first-order chi connectivity index (χ1) is 26.3. The van der Waals surface area contributed by atoms with Gasteiger partial charge in [0.15, 0.2) is 0 Å². The average Bonchev–Trinajstić information content (AvgIpc) is 3.85. The van der Waals surface area contributed by atoms with Crippen LogP contribution in [0.25, 0.3) is 33.9 Å². The number of nitrogen functional groups attached to an aromatic ring is 1. The molecule has 0 unspecified atom stereocenters. The monoisotopic (exact) mass is 1130 g/mol. The smallest absolute Gasteiger partial charge is 0.399 e. The maximum absolute atomic E-state index is 13.6. The Morgan fingerprint density at radius 3 is 1.54 bits per heavy atom. The summed E-state index contributed by atoms with van der Waals surface area (Å²) in [5, 5.41) is 10.9. The number of benzene rings is 2. The van der Waals surface area contributed by atoms with Gasteiger partial charge >= 0.3 is 12.4 Å². The van der Waals surface area contributed by atoms with E-state index >= 15 is 0 Å². The van der Waals surface area contributed by atoms with Gasteiger partial charge in [-0.1, -0.05) is 11.6 Å². The topological polar surface area (TPSA) is 129 Å². The first-order valence-electron chi connectivity index (χ1n) is 15.5. The summed E-state index contributed by atoms with van der Waals surface area (Å²) in [5.74, 6) is -0.486. The van der Waals surface area contributed by atoms with Crippen molar-refractivity contribution in [2.24, 2.45) is 0 Å². The van der Waals surface area contributed by atoms with Crippen LogP contribution < -0.4 is 11.1 Å². The highest BCUT2D eigenvalue weighted by Crippen LogP contribution is 2.35. The number of amides is 1. The zero-order valence-corrected chi connectivity index (χ0v) is 35.5. The molecule has 0 atom stereocenters. The Hall–Kier alpha value is -4.36. The number of alkyl halides is 6. The first-order valence-corrected chi connectivity index (χ1v) is 22.1. The minimum atomic E-state index is -4.61. The third-order valence-electron chi connectivity index (χ3n) is 7.43. The van der Waals surface area contributed by atoms with E-state index in [1.807, 2.05) is 0 Å². The summed E-state index contributed by atoms with van der Waals surface area (Å²) in [7, 11) is 0. The standard InChI is InChI=1S/C21H13ClF3N5O.C15H11F3N4.I2.HI/c22-19-16(4-2-10-27-19)20(31)28-14-5-7-15(8-6-14)30-18(21(23,24)25)11-17(29-30)13-3-1-9-26-12-13;16-15(17,18)14-8-13(10-2-1-7-20-9-10)21-22(14)12-5-3-11(19)4-6-12;1-2;/h1-12H,(H,28,31);1-9H,19H2;;1H. The second-order valence-electron chi connectivity index (χ2n) is 11.1. The van der Waals surface area contributed by atoms with Crippen LogP contribution in [0.2, 0.25) is 5.15 Å². The minimum Gasteiger partial charge on any atom is -0.399 e. The molecule has 10 nitrogen and oxygen atoms in total. The second kappa shape index (κ2) is 19.7. The summed E-state index contributed by atoms with van der Waals surface area (Å²) < 4.78 is 82.2. The number of carbonyl (C=O) groups excluding carboxylic acids is 1. The predicted octanol–water partition coefficient (Wildman–Crippen LogP) is 11.2. The molecule has 5 heterocycles. The molecule has 0 radical (unpaired) electrons. The van der Waals surface area contributed by atoms with Gasteiger partial charge in [-0.3, -0.25) is 14.8 Å². The van der Waals surface area contributed by atoms with E-state index in [4.69, 9.17) is 17.3 Å². The van der Waals surface area contributed by atoms with Gasteiger partial charge in [0.05, 0.1) is 28.3 Å². The lowest BCUT2D eigenvalue weighted by molar-refractivity contribution is -0.143. The average molecular weight is 1130 g/mol. The van der Waals surface area contributed by atoms with Crippen molar-refractivity contribution in [2.45, 2.75) is 12.4 Å². The molecule has 290 valence electrons. The molecule has 56 heavy (non-hydrogen) atoms. The van der Waals surface area contributed by atoms with E-state index in [1.54, 1.807) is 36.5 Å². The fraction of sp³-hybridized carbons (Fsp3) is 0.0556. The molecule has 0 bridgehead atoms. The Bertz CT molecular complexity index is 2340. The summed E-state index contributed by atoms with van der Waals surface area (Å²) >= 11 is 10.1. The maximum atomic E-state index is 13.6. The molecule has 3 N–H and O–H groups in total. The number of halogens is 10. The number of nitrogens with one attached hydrogen (secondary N) is 1. The quantitative estimate of drug-likeness (QED) is 0.0734. The van der Waals surface area contributed by atoms with Crippen LogP contribution in [0.4, 0.5) is 37.7 Å². The van der Waals surface area contributed by atoms with Crippen molar-refractivity contribution < 1.29 is 31.1 Å². The van der Waals surface area contributed by atoms with Crippen LogP contribution in [0.1, 0.15) is 21.7 Å². The lowest BCUT2D eigenvalue weighted by Crippen LogP contribution is -2.14. The molecule has 0 fully saturated rings. The zero-order valence-electron chi connectivity index (χ0n) is 28.1. The molecule has 0 saturated heterocycles. The van der Waals surface area contributed by atoms with Crippen molar-refractivity contribution in [2.75, 3.05) is 11.1 Å². The molecule has 0 aliphatic rings. The Labute approximate surface area is 360 Å². The van der Waals surface area contributed by atoms with Crippen LogP contribution in [0.5, 0.6) is 0 Å². The third kappa shape index (κ3) is 11.1. The number of anilines is 2. The summed E-state index contributed by atoms with van der Waals surface area (Å²) in [4.78, 5) is 24.0. The third-order valence-corrected chi connectivity index (χ3v) is 7.73. The van der Waals surface area contributed by atoms with E-state index in [1.165, 1.54) is 79.4 Å². The number of nitrogens with two attached hydrogens (primary N) is 1. The predicted molar refractivity (Wildman–Crippen MR) is 229 cm³/mol. The van der Waals surface area contributed by atoms with Gasteiger partial charge in [0.25, 0.3) is 5.91 Å². The van der Waals surface area contributed by atoms with Gasteiger partial charge in [-0.05, 0) is 97.1 Å². The Morgan fingerprint density at radius 2 is 1.12 bits per heavy atom. The Kier molecular flexibility index (Phi) is 15.6. The zero-order chi connectivity index (χ0) is 39.8. The van der Waals surface area contributed by atoms with E-state index in [0.717, 1.165) is 21.5 Å². The summed E-state index contributed by atoms with van der Waals surface area (Å²) in [6, 6.07) is 23.4. The maximum Gasteiger partial charge on any atom is 0.433 e. The number of nitrogens with zero attached hydrogens (tertiary/aromatic N) is 7. The lowest BCUT2D eigenvalue weighted by Gasteiger charge is -2.11. The van der Waals surface area contributed by atoms with Crippen LogP contribution in [0.15, 0.2) is 128 Å². The normalized spacial score (nSPS) is 10.9. The van der Waals surface area contributed by atoms with Crippen LogP contribution in [-0.4, -0.2) is 40.4 Å². The van der Waals surface area contributed by atoms with Crippen molar-refractivity contribution in [1.29, 1.82) is 0 Å². The molecular weight excluding hydrogens is 1100 g/mol. The van der Waals surface area contributed by atoms with Gasteiger partial charge in [0.1, 0.15) is 16.5 Å². The summed E-state index contributed by atoms with van der Waals surface area (Å²) in [6.45, 7) is 0. The molecule has 1 amide bonds. The summed E-state index contributed by atoms with van der Waals surface area (Å²) in [5.41, 5.74) is 6.61.